The quantitative estimate of drug-likeness (QED) is 0.901. The van der Waals surface area contributed by atoms with Gasteiger partial charge in [-0.05, 0) is 37.4 Å². The molecule has 0 saturated carbocycles. The van der Waals surface area contributed by atoms with Gasteiger partial charge in [-0.15, -0.1) is 0 Å². The van der Waals surface area contributed by atoms with E-state index < -0.39 is 0 Å². The number of hydrogen-bond acceptors (Lipinski definition) is 3. The van der Waals surface area contributed by atoms with E-state index in [1.807, 2.05) is 28.0 Å². The van der Waals surface area contributed by atoms with Gasteiger partial charge in [-0.3, -0.25) is 4.79 Å². The van der Waals surface area contributed by atoms with Gasteiger partial charge in [0.05, 0.1) is 0 Å². The number of piperidine rings is 1. The molecule has 2 saturated heterocycles. The molecule has 1 atom stereocenters. The predicted molar refractivity (Wildman–Crippen MR) is 96.7 cm³/mol. The van der Waals surface area contributed by atoms with Crippen molar-refractivity contribution in [3.63, 3.8) is 0 Å². The average molecular weight is 342 g/mol. The van der Waals surface area contributed by atoms with Crippen LogP contribution in [0.4, 0.5) is 10.5 Å². The molecule has 2 fully saturated rings. The normalized spacial score (nSPS) is 23.7. The zero-order valence-corrected chi connectivity index (χ0v) is 14.6. The number of nitrogens with one attached hydrogen (secondary N) is 1. The van der Waals surface area contributed by atoms with E-state index in [4.69, 9.17) is 0 Å². The Balaban J connectivity index is 1.31. The van der Waals surface area contributed by atoms with E-state index in [1.165, 1.54) is 5.56 Å². The Bertz CT molecular complexity index is 663. The van der Waals surface area contributed by atoms with Crippen LogP contribution in [0, 0.1) is 0 Å². The van der Waals surface area contributed by atoms with Crippen molar-refractivity contribution in [3.8, 4) is 0 Å². The number of fused-ring (bicyclic) bond motifs is 1. The molecule has 3 aliphatic rings. The molecule has 1 aromatic rings. The molecule has 3 aliphatic heterocycles. The van der Waals surface area contributed by atoms with Crippen LogP contribution in [0.5, 0.6) is 0 Å². The van der Waals surface area contributed by atoms with Crippen molar-refractivity contribution in [2.45, 2.75) is 31.7 Å². The highest BCUT2D eigenvalue weighted by Gasteiger charge is 2.31. The van der Waals surface area contributed by atoms with E-state index in [2.05, 4.69) is 16.3 Å². The third-order valence-corrected chi connectivity index (χ3v) is 5.64. The van der Waals surface area contributed by atoms with Gasteiger partial charge in [0.15, 0.2) is 0 Å². The number of carbonyl (C=O) groups is 2. The first kappa shape index (κ1) is 16.4. The summed E-state index contributed by atoms with van der Waals surface area (Å²) in [5.41, 5.74) is 2.35. The Kier molecular flexibility index (Phi) is 4.61. The number of benzene rings is 1. The molecule has 1 aromatic carbocycles. The van der Waals surface area contributed by atoms with Gasteiger partial charge in [0.2, 0.25) is 5.91 Å². The highest BCUT2D eigenvalue weighted by Crippen LogP contribution is 2.28. The molecule has 6 heteroatoms. The van der Waals surface area contributed by atoms with Gasteiger partial charge in [-0.2, -0.15) is 0 Å². The van der Waals surface area contributed by atoms with Crippen LogP contribution >= 0.6 is 0 Å². The van der Waals surface area contributed by atoms with Crippen LogP contribution in [-0.4, -0.2) is 67.0 Å². The number of nitrogens with zero attached hydrogens (tertiary/aromatic N) is 3. The summed E-state index contributed by atoms with van der Waals surface area (Å²) in [5.74, 6) is 0.214. The van der Waals surface area contributed by atoms with E-state index in [0.717, 1.165) is 64.2 Å². The third-order valence-electron chi connectivity index (χ3n) is 5.64. The van der Waals surface area contributed by atoms with Gasteiger partial charge >= 0.3 is 6.03 Å². The molecular weight excluding hydrogens is 316 g/mol. The first-order valence-corrected chi connectivity index (χ1v) is 9.37. The molecule has 0 radical (unpaired) electrons. The number of hydrogen-bond donors (Lipinski definition) is 1. The smallest absolute Gasteiger partial charge is 0.317 e. The minimum Gasteiger partial charge on any atom is -0.336 e. The second kappa shape index (κ2) is 7.04. The van der Waals surface area contributed by atoms with Gasteiger partial charge in [0.25, 0.3) is 0 Å². The van der Waals surface area contributed by atoms with E-state index in [0.29, 0.717) is 12.5 Å². The fraction of sp³-hybridized carbons (Fsp3) is 0.579. The molecule has 6 nitrogen and oxygen atoms in total. The predicted octanol–water partition coefficient (Wildman–Crippen LogP) is 1.46. The number of para-hydroxylation sites is 1. The second-order valence-corrected chi connectivity index (χ2v) is 7.20. The maximum absolute atomic E-state index is 12.7. The summed E-state index contributed by atoms with van der Waals surface area (Å²) in [4.78, 5) is 30.8. The molecular formula is C19H26N4O2. The maximum atomic E-state index is 12.7. The molecule has 4 rings (SSSR count). The number of carbonyl (C=O) groups excluding carboxylic acids is 2. The van der Waals surface area contributed by atoms with Crippen LogP contribution in [0.3, 0.4) is 0 Å². The lowest BCUT2D eigenvalue weighted by atomic mass is 10.0. The number of amides is 3. The van der Waals surface area contributed by atoms with Crippen molar-refractivity contribution in [3.05, 3.63) is 29.8 Å². The number of anilines is 1. The van der Waals surface area contributed by atoms with Gasteiger partial charge in [-0.1, -0.05) is 18.2 Å². The lowest BCUT2D eigenvalue weighted by Crippen LogP contribution is -2.49. The highest BCUT2D eigenvalue weighted by atomic mass is 16.2. The van der Waals surface area contributed by atoms with E-state index in [9.17, 15) is 9.59 Å². The van der Waals surface area contributed by atoms with Crippen molar-refractivity contribution >= 4 is 17.6 Å². The van der Waals surface area contributed by atoms with Crippen molar-refractivity contribution in [1.29, 1.82) is 0 Å². The topological polar surface area (TPSA) is 55.9 Å². The summed E-state index contributed by atoms with van der Waals surface area (Å²) in [6, 6.07) is 8.55. The summed E-state index contributed by atoms with van der Waals surface area (Å²) >= 11 is 0. The highest BCUT2D eigenvalue weighted by molar-refractivity contribution is 5.95. The zero-order valence-electron chi connectivity index (χ0n) is 14.6. The SMILES string of the molecule is O=C(CCN1CCCC(N2CCNC2=O)C1)N1CCc2ccccc21. The Morgan fingerprint density at radius 1 is 1.20 bits per heavy atom. The van der Waals surface area contributed by atoms with E-state index >= 15 is 0 Å². The fourth-order valence-electron chi connectivity index (χ4n) is 4.31. The van der Waals surface area contributed by atoms with Crippen LogP contribution in [0.25, 0.3) is 0 Å². The zero-order chi connectivity index (χ0) is 17.2. The third kappa shape index (κ3) is 3.35. The summed E-state index contributed by atoms with van der Waals surface area (Å²) in [6.45, 7) is 5.05. The number of urea groups is 1. The minimum atomic E-state index is 0.0663. The summed E-state index contributed by atoms with van der Waals surface area (Å²) < 4.78 is 0. The standard InChI is InChI=1S/C19H26N4O2/c24-18(23-12-7-15-4-1-2-6-17(15)23)8-11-21-10-3-5-16(14-21)22-13-9-20-19(22)25/h1-2,4,6,16H,3,5,7-14H2,(H,20,25). The summed E-state index contributed by atoms with van der Waals surface area (Å²) in [7, 11) is 0. The average Bonchev–Trinajstić information content (AvgIpc) is 3.26. The van der Waals surface area contributed by atoms with Crippen LogP contribution in [0.15, 0.2) is 24.3 Å². The van der Waals surface area contributed by atoms with Crippen molar-refractivity contribution in [1.82, 2.24) is 15.1 Å². The van der Waals surface area contributed by atoms with E-state index in [-0.39, 0.29) is 11.9 Å². The Labute approximate surface area is 148 Å². The molecule has 25 heavy (non-hydrogen) atoms. The molecule has 134 valence electrons. The fourth-order valence-corrected chi connectivity index (χ4v) is 4.31. The molecule has 3 amide bonds. The molecule has 0 aliphatic carbocycles. The summed E-state index contributed by atoms with van der Waals surface area (Å²) in [5, 5.41) is 2.89. The number of rotatable bonds is 4. The van der Waals surface area contributed by atoms with Crippen LogP contribution in [-0.2, 0) is 11.2 Å². The molecule has 0 aromatic heterocycles. The molecule has 0 spiro atoms. The molecule has 1 N–H and O–H groups in total. The molecule has 0 bridgehead atoms. The van der Waals surface area contributed by atoms with Gasteiger partial charge in [0, 0.05) is 50.9 Å². The summed E-state index contributed by atoms with van der Waals surface area (Å²) in [6.07, 6.45) is 3.66. The Hall–Kier alpha value is -2.08. The van der Waals surface area contributed by atoms with Crippen LogP contribution in [0.1, 0.15) is 24.8 Å². The lowest BCUT2D eigenvalue weighted by molar-refractivity contribution is -0.119. The maximum Gasteiger partial charge on any atom is 0.317 e. The molecule has 3 heterocycles. The van der Waals surface area contributed by atoms with Crippen LogP contribution in [0.2, 0.25) is 0 Å². The lowest BCUT2D eigenvalue weighted by Gasteiger charge is -2.37. The van der Waals surface area contributed by atoms with Gasteiger partial charge in [-0.25, -0.2) is 4.79 Å². The largest absolute Gasteiger partial charge is 0.336 e. The van der Waals surface area contributed by atoms with Gasteiger partial charge in [0.1, 0.15) is 0 Å². The van der Waals surface area contributed by atoms with Crippen LogP contribution < -0.4 is 10.2 Å². The van der Waals surface area contributed by atoms with Crippen molar-refractivity contribution in [2.75, 3.05) is 44.2 Å². The Morgan fingerprint density at radius 2 is 2.08 bits per heavy atom. The van der Waals surface area contributed by atoms with Crippen molar-refractivity contribution < 1.29 is 9.59 Å². The van der Waals surface area contributed by atoms with Gasteiger partial charge < -0.3 is 20.0 Å². The minimum absolute atomic E-state index is 0.0663. The molecule has 1 unspecified atom stereocenters. The Morgan fingerprint density at radius 3 is 2.92 bits per heavy atom. The van der Waals surface area contributed by atoms with Crippen molar-refractivity contribution in [2.24, 2.45) is 0 Å². The second-order valence-electron chi connectivity index (χ2n) is 7.20. The first-order chi connectivity index (χ1) is 12.2. The monoisotopic (exact) mass is 342 g/mol. The number of likely N-dealkylation sites (tertiary alicyclic amines) is 1. The van der Waals surface area contributed by atoms with E-state index in [1.54, 1.807) is 0 Å². The first-order valence-electron chi connectivity index (χ1n) is 9.37.